The van der Waals surface area contributed by atoms with Crippen LogP contribution in [0.2, 0.25) is 0 Å². The number of non-ortho nitro benzene ring substituents is 1. The minimum absolute atomic E-state index is 0.0675. The summed E-state index contributed by atoms with van der Waals surface area (Å²) in [6.45, 7) is 2.95. The first kappa shape index (κ1) is 15.4. The van der Waals surface area contributed by atoms with Crippen molar-refractivity contribution in [2.75, 3.05) is 33.2 Å². The highest BCUT2D eigenvalue weighted by molar-refractivity contribution is 5.95. The standard InChI is InChI=1S/C15H17N3O5/c1-16-4-6-17(7-5-16)14(19)9-13-11-3-2-10(18(21)22)8-12(11)15(20)23-13/h2-3,8,13H,4-7,9H2,1H3/t13-/m1/s1. The number of ether oxygens (including phenoxy) is 1. The third-order valence-electron chi connectivity index (χ3n) is 4.28. The monoisotopic (exact) mass is 319 g/mol. The Morgan fingerprint density at radius 2 is 2.04 bits per heavy atom. The van der Waals surface area contributed by atoms with Gasteiger partial charge in [-0.15, -0.1) is 0 Å². The van der Waals surface area contributed by atoms with Crippen LogP contribution >= 0.6 is 0 Å². The highest BCUT2D eigenvalue weighted by Gasteiger charge is 2.35. The Kier molecular flexibility index (Phi) is 3.99. The summed E-state index contributed by atoms with van der Waals surface area (Å²) in [5.74, 6) is -0.679. The second kappa shape index (κ2) is 5.96. The van der Waals surface area contributed by atoms with E-state index in [4.69, 9.17) is 4.74 Å². The van der Waals surface area contributed by atoms with Gasteiger partial charge in [0.2, 0.25) is 5.91 Å². The summed E-state index contributed by atoms with van der Waals surface area (Å²) < 4.78 is 5.23. The molecule has 1 amide bonds. The van der Waals surface area contributed by atoms with Gasteiger partial charge in [-0.05, 0) is 13.1 Å². The summed E-state index contributed by atoms with van der Waals surface area (Å²) in [7, 11) is 2.00. The highest BCUT2D eigenvalue weighted by atomic mass is 16.6. The molecule has 0 saturated carbocycles. The van der Waals surface area contributed by atoms with Gasteiger partial charge in [0.1, 0.15) is 6.10 Å². The maximum absolute atomic E-state index is 12.4. The number of nitrogens with zero attached hydrogens (tertiary/aromatic N) is 3. The molecule has 1 saturated heterocycles. The minimum atomic E-state index is -0.662. The van der Waals surface area contributed by atoms with Gasteiger partial charge in [0.15, 0.2) is 0 Å². The van der Waals surface area contributed by atoms with Crippen molar-refractivity contribution in [3.05, 3.63) is 39.4 Å². The maximum atomic E-state index is 12.4. The molecule has 1 fully saturated rings. The maximum Gasteiger partial charge on any atom is 0.339 e. The highest BCUT2D eigenvalue weighted by Crippen LogP contribution is 2.35. The number of rotatable bonds is 3. The van der Waals surface area contributed by atoms with Gasteiger partial charge < -0.3 is 14.5 Å². The Morgan fingerprint density at radius 1 is 1.35 bits per heavy atom. The summed E-state index contributed by atoms with van der Waals surface area (Å²) in [5, 5.41) is 10.8. The lowest BCUT2D eigenvalue weighted by molar-refractivity contribution is -0.384. The lowest BCUT2D eigenvalue weighted by atomic mass is 10.0. The summed E-state index contributed by atoms with van der Waals surface area (Å²) >= 11 is 0. The van der Waals surface area contributed by atoms with E-state index < -0.39 is 17.0 Å². The number of nitro groups is 1. The molecule has 0 N–H and O–H groups in total. The molecule has 3 rings (SSSR count). The van der Waals surface area contributed by atoms with Gasteiger partial charge >= 0.3 is 5.97 Å². The van der Waals surface area contributed by atoms with Crippen LogP contribution in [0.5, 0.6) is 0 Å². The van der Waals surface area contributed by atoms with Gasteiger partial charge in [-0.1, -0.05) is 0 Å². The van der Waals surface area contributed by atoms with Crippen molar-refractivity contribution in [3.63, 3.8) is 0 Å². The first-order valence-corrected chi connectivity index (χ1v) is 7.41. The smallest absolute Gasteiger partial charge is 0.339 e. The number of hydrogen-bond acceptors (Lipinski definition) is 6. The van der Waals surface area contributed by atoms with E-state index in [2.05, 4.69) is 4.90 Å². The number of piperazine rings is 1. The lowest BCUT2D eigenvalue weighted by Gasteiger charge is -2.32. The van der Waals surface area contributed by atoms with E-state index in [1.165, 1.54) is 18.2 Å². The third-order valence-corrected chi connectivity index (χ3v) is 4.28. The van der Waals surface area contributed by atoms with Crippen LogP contribution in [0.3, 0.4) is 0 Å². The molecule has 0 spiro atoms. The minimum Gasteiger partial charge on any atom is -0.453 e. The average molecular weight is 319 g/mol. The number of esters is 1. The van der Waals surface area contributed by atoms with Crippen molar-refractivity contribution in [2.45, 2.75) is 12.5 Å². The molecule has 0 radical (unpaired) electrons. The zero-order chi connectivity index (χ0) is 16.6. The van der Waals surface area contributed by atoms with Gasteiger partial charge in [-0.2, -0.15) is 0 Å². The number of benzene rings is 1. The Hall–Kier alpha value is -2.48. The van der Waals surface area contributed by atoms with Crippen LogP contribution in [0.1, 0.15) is 28.4 Å². The molecule has 0 aromatic heterocycles. The van der Waals surface area contributed by atoms with E-state index in [-0.39, 0.29) is 23.6 Å². The predicted octanol–water partition coefficient (Wildman–Crippen LogP) is 0.970. The van der Waals surface area contributed by atoms with Crippen molar-refractivity contribution in [2.24, 2.45) is 0 Å². The first-order valence-electron chi connectivity index (χ1n) is 7.41. The van der Waals surface area contributed by atoms with E-state index >= 15 is 0 Å². The molecular formula is C15H17N3O5. The number of fused-ring (bicyclic) bond motifs is 1. The number of cyclic esters (lactones) is 1. The Morgan fingerprint density at radius 3 is 2.70 bits per heavy atom. The molecule has 8 heteroatoms. The van der Waals surface area contributed by atoms with Gasteiger partial charge in [0, 0.05) is 43.9 Å². The van der Waals surface area contributed by atoms with Gasteiger partial charge in [0.25, 0.3) is 5.69 Å². The van der Waals surface area contributed by atoms with Crippen LogP contribution in [0.4, 0.5) is 5.69 Å². The Bertz CT molecular complexity index is 667. The second-order valence-corrected chi connectivity index (χ2v) is 5.81. The Balaban J connectivity index is 1.73. The van der Waals surface area contributed by atoms with Crippen molar-refractivity contribution in [1.29, 1.82) is 0 Å². The van der Waals surface area contributed by atoms with E-state index in [9.17, 15) is 19.7 Å². The van der Waals surface area contributed by atoms with E-state index in [0.29, 0.717) is 18.7 Å². The van der Waals surface area contributed by atoms with Crippen LogP contribution in [0, 0.1) is 10.1 Å². The fourth-order valence-corrected chi connectivity index (χ4v) is 2.87. The quantitative estimate of drug-likeness (QED) is 0.468. The van der Waals surface area contributed by atoms with E-state index in [1.54, 1.807) is 4.90 Å². The van der Waals surface area contributed by atoms with Gasteiger partial charge in [-0.25, -0.2) is 4.79 Å². The van der Waals surface area contributed by atoms with Crippen LogP contribution < -0.4 is 0 Å². The molecule has 122 valence electrons. The second-order valence-electron chi connectivity index (χ2n) is 5.81. The number of hydrogen-bond donors (Lipinski definition) is 0. The van der Waals surface area contributed by atoms with Gasteiger partial charge in [0.05, 0.1) is 16.9 Å². The lowest BCUT2D eigenvalue weighted by Crippen LogP contribution is -2.47. The van der Waals surface area contributed by atoms with Crippen molar-refractivity contribution >= 4 is 17.6 Å². The third kappa shape index (κ3) is 3.02. The summed E-state index contributed by atoms with van der Waals surface area (Å²) in [4.78, 5) is 38.4. The van der Waals surface area contributed by atoms with Crippen molar-refractivity contribution in [3.8, 4) is 0 Å². The number of nitro benzene ring substituents is 1. The molecule has 8 nitrogen and oxygen atoms in total. The molecule has 1 aromatic rings. The molecule has 23 heavy (non-hydrogen) atoms. The molecule has 0 aliphatic carbocycles. The Labute approximate surface area is 132 Å². The van der Waals surface area contributed by atoms with Gasteiger partial charge in [-0.3, -0.25) is 14.9 Å². The summed E-state index contributed by atoms with van der Waals surface area (Å²) in [5.41, 5.74) is 0.560. The molecule has 0 bridgehead atoms. The molecule has 1 atom stereocenters. The fraction of sp³-hybridized carbons (Fsp3) is 0.467. The van der Waals surface area contributed by atoms with Crippen LogP contribution in [0.15, 0.2) is 18.2 Å². The predicted molar refractivity (Wildman–Crippen MR) is 79.9 cm³/mol. The van der Waals surface area contributed by atoms with Crippen molar-refractivity contribution < 1.29 is 19.2 Å². The molecular weight excluding hydrogens is 302 g/mol. The molecule has 0 unspecified atom stereocenters. The molecule has 1 aromatic carbocycles. The zero-order valence-corrected chi connectivity index (χ0v) is 12.7. The average Bonchev–Trinajstić information content (AvgIpc) is 2.83. The normalized spacial score (nSPS) is 21.0. The van der Waals surface area contributed by atoms with E-state index in [0.717, 1.165) is 13.1 Å². The number of carbonyl (C=O) groups is 2. The van der Waals surface area contributed by atoms with Crippen molar-refractivity contribution in [1.82, 2.24) is 9.80 Å². The number of amides is 1. The fourth-order valence-electron chi connectivity index (χ4n) is 2.87. The zero-order valence-electron chi connectivity index (χ0n) is 12.7. The topological polar surface area (TPSA) is 93.0 Å². The van der Waals surface area contributed by atoms with Crippen LogP contribution in [-0.4, -0.2) is 59.8 Å². The molecule has 2 heterocycles. The summed E-state index contributed by atoms with van der Waals surface area (Å²) in [6, 6.07) is 4.03. The van der Waals surface area contributed by atoms with Crippen LogP contribution in [-0.2, 0) is 9.53 Å². The van der Waals surface area contributed by atoms with E-state index in [1.807, 2.05) is 7.05 Å². The largest absolute Gasteiger partial charge is 0.453 e. The molecule has 2 aliphatic heterocycles. The summed E-state index contributed by atoms with van der Waals surface area (Å²) in [6.07, 6.45) is -0.592. The number of likely N-dealkylation sites (N-methyl/N-ethyl adjacent to an activating group) is 1. The van der Waals surface area contributed by atoms with Crippen LogP contribution in [0.25, 0.3) is 0 Å². The first-order chi connectivity index (χ1) is 11.0. The molecule has 2 aliphatic rings. The number of carbonyl (C=O) groups excluding carboxylic acids is 2. The SMILES string of the molecule is CN1CCN(C(=O)C[C@H]2OC(=O)c3cc([N+](=O)[O-])ccc32)CC1.